The maximum Gasteiger partial charge on any atom is 0.251 e. The molecule has 0 unspecified atom stereocenters. The van der Waals surface area contributed by atoms with Crippen LogP contribution in [0.2, 0.25) is 0 Å². The molecule has 0 aliphatic heterocycles. The maximum atomic E-state index is 11.8. The molecule has 1 rings (SSSR count). The third-order valence-electron chi connectivity index (χ3n) is 2.81. The topological polar surface area (TPSA) is 64.3 Å². The molecule has 0 aliphatic carbocycles. The van der Waals surface area contributed by atoms with E-state index in [2.05, 4.69) is 19.2 Å². The van der Waals surface area contributed by atoms with E-state index in [-0.39, 0.29) is 11.9 Å². The van der Waals surface area contributed by atoms with Crippen LogP contribution in [0.25, 0.3) is 0 Å². The van der Waals surface area contributed by atoms with Gasteiger partial charge in [0.15, 0.2) is 0 Å². The van der Waals surface area contributed by atoms with Gasteiger partial charge in [-0.2, -0.15) is 0 Å². The lowest BCUT2D eigenvalue weighted by molar-refractivity contribution is 0.0941. The molecule has 0 saturated carbocycles. The van der Waals surface area contributed by atoms with Gasteiger partial charge in [-0.15, -0.1) is 0 Å². The standard InChI is InChI=1S/C15H24N2O2/c1-11(2)8-9-19-14-6-4-13(5-7-14)15(18)17-12(3)10-16/h4-7,11-12H,8-10,16H2,1-3H3,(H,17,18)/t12-/m0/s1. The van der Waals surface area contributed by atoms with Crippen molar-refractivity contribution in [3.8, 4) is 5.75 Å². The lowest BCUT2D eigenvalue weighted by Crippen LogP contribution is -2.37. The summed E-state index contributed by atoms with van der Waals surface area (Å²) in [6.45, 7) is 7.33. The van der Waals surface area contributed by atoms with Gasteiger partial charge in [-0.25, -0.2) is 0 Å². The molecule has 0 aromatic heterocycles. The molecule has 0 bridgehead atoms. The van der Waals surface area contributed by atoms with Gasteiger partial charge in [-0.3, -0.25) is 4.79 Å². The van der Waals surface area contributed by atoms with Crippen molar-refractivity contribution in [1.29, 1.82) is 0 Å². The van der Waals surface area contributed by atoms with Crippen LogP contribution < -0.4 is 15.8 Å². The monoisotopic (exact) mass is 264 g/mol. The number of hydrogen-bond acceptors (Lipinski definition) is 3. The van der Waals surface area contributed by atoms with Crippen molar-refractivity contribution in [1.82, 2.24) is 5.32 Å². The SMILES string of the molecule is CC(C)CCOc1ccc(C(=O)N[C@@H](C)CN)cc1. The number of nitrogens with two attached hydrogens (primary N) is 1. The Hall–Kier alpha value is -1.55. The van der Waals surface area contributed by atoms with E-state index in [9.17, 15) is 4.79 Å². The van der Waals surface area contributed by atoms with E-state index < -0.39 is 0 Å². The fourth-order valence-electron chi connectivity index (χ4n) is 1.48. The van der Waals surface area contributed by atoms with Crippen molar-refractivity contribution in [2.24, 2.45) is 11.7 Å². The van der Waals surface area contributed by atoms with Gasteiger partial charge in [0.2, 0.25) is 0 Å². The molecule has 0 fully saturated rings. The zero-order valence-corrected chi connectivity index (χ0v) is 12.0. The minimum atomic E-state index is -0.105. The largest absolute Gasteiger partial charge is 0.494 e. The van der Waals surface area contributed by atoms with E-state index >= 15 is 0 Å². The van der Waals surface area contributed by atoms with Crippen molar-refractivity contribution in [2.75, 3.05) is 13.2 Å². The fourth-order valence-corrected chi connectivity index (χ4v) is 1.48. The molecule has 0 spiro atoms. The lowest BCUT2D eigenvalue weighted by atomic mass is 10.1. The zero-order valence-electron chi connectivity index (χ0n) is 12.0. The molecule has 3 N–H and O–H groups in total. The van der Waals surface area contributed by atoms with E-state index in [0.29, 0.717) is 24.6 Å². The highest BCUT2D eigenvalue weighted by molar-refractivity contribution is 5.94. The molecule has 0 radical (unpaired) electrons. The van der Waals surface area contributed by atoms with Gasteiger partial charge >= 0.3 is 0 Å². The normalized spacial score (nSPS) is 12.3. The van der Waals surface area contributed by atoms with Crippen LogP contribution in [-0.4, -0.2) is 25.1 Å². The van der Waals surface area contributed by atoms with E-state index in [1.807, 2.05) is 19.1 Å². The van der Waals surface area contributed by atoms with Crippen molar-refractivity contribution < 1.29 is 9.53 Å². The summed E-state index contributed by atoms with van der Waals surface area (Å²) in [6.07, 6.45) is 1.02. The molecule has 19 heavy (non-hydrogen) atoms. The van der Waals surface area contributed by atoms with E-state index in [4.69, 9.17) is 10.5 Å². The number of benzene rings is 1. The Morgan fingerprint density at radius 1 is 1.26 bits per heavy atom. The first kappa shape index (κ1) is 15.5. The van der Waals surface area contributed by atoms with Crippen LogP contribution in [0.15, 0.2) is 24.3 Å². The molecule has 1 amide bonds. The molecule has 4 nitrogen and oxygen atoms in total. The zero-order chi connectivity index (χ0) is 14.3. The molecule has 1 aromatic rings. The smallest absolute Gasteiger partial charge is 0.251 e. The Labute approximate surface area is 115 Å². The molecule has 0 aliphatic rings. The number of amides is 1. The number of rotatable bonds is 7. The number of carbonyl (C=O) groups excluding carboxylic acids is 1. The van der Waals surface area contributed by atoms with E-state index in [1.165, 1.54) is 0 Å². The van der Waals surface area contributed by atoms with Gasteiger partial charge in [0.1, 0.15) is 5.75 Å². The van der Waals surface area contributed by atoms with Gasteiger partial charge in [0.25, 0.3) is 5.91 Å². The summed E-state index contributed by atoms with van der Waals surface area (Å²) < 4.78 is 5.60. The Morgan fingerprint density at radius 3 is 2.42 bits per heavy atom. The van der Waals surface area contributed by atoms with Crippen LogP contribution in [0.5, 0.6) is 5.75 Å². The minimum Gasteiger partial charge on any atom is -0.494 e. The van der Waals surface area contributed by atoms with Crippen molar-refractivity contribution in [3.63, 3.8) is 0 Å². The van der Waals surface area contributed by atoms with Crippen LogP contribution in [-0.2, 0) is 0 Å². The first-order valence-corrected chi connectivity index (χ1v) is 6.76. The second-order valence-electron chi connectivity index (χ2n) is 5.17. The third-order valence-corrected chi connectivity index (χ3v) is 2.81. The number of ether oxygens (including phenoxy) is 1. The van der Waals surface area contributed by atoms with Crippen LogP contribution >= 0.6 is 0 Å². The van der Waals surface area contributed by atoms with Crippen LogP contribution in [0, 0.1) is 5.92 Å². The maximum absolute atomic E-state index is 11.8. The summed E-state index contributed by atoms with van der Waals surface area (Å²) in [4.78, 5) is 11.8. The molecular weight excluding hydrogens is 240 g/mol. The summed E-state index contributed by atoms with van der Waals surface area (Å²) in [7, 11) is 0. The Balaban J connectivity index is 2.49. The molecule has 4 heteroatoms. The van der Waals surface area contributed by atoms with E-state index in [1.54, 1.807) is 12.1 Å². The highest BCUT2D eigenvalue weighted by Gasteiger charge is 2.08. The Morgan fingerprint density at radius 2 is 1.89 bits per heavy atom. The first-order valence-electron chi connectivity index (χ1n) is 6.76. The van der Waals surface area contributed by atoms with E-state index in [0.717, 1.165) is 12.2 Å². The van der Waals surface area contributed by atoms with Gasteiger partial charge in [-0.1, -0.05) is 13.8 Å². The predicted octanol–water partition coefficient (Wildman–Crippen LogP) is 2.19. The number of carbonyl (C=O) groups is 1. The second-order valence-corrected chi connectivity index (χ2v) is 5.17. The molecule has 1 aromatic carbocycles. The summed E-state index contributed by atoms with van der Waals surface area (Å²) in [5, 5.41) is 2.82. The second kappa shape index (κ2) is 7.79. The first-order chi connectivity index (χ1) is 9.02. The van der Waals surface area contributed by atoms with Crippen molar-refractivity contribution in [2.45, 2.75) is 33.2 Å². The predicted molar refractivity (Wildman–Crippen MR) is 77.4 cm³/mol. The molecular formula is C15H24N2O2. The summed E-state index contributed by atoms with van der Waals surface area (Å²) in [5.41, 5.74) is 6.09. The molecule has 106 valence electrons. The highest BCUT2D eigenvalue weighted by atomic mass is 16.5. The summed E-state index contributed by atoms with van der Waals surface area (Å²) in [6, 6.07) is 7.16. The minimum absolute atomic E-state index is 0.0190. The molecule has 1 atom stereocenters. The number of nitrogens with one attached hydrogen (secondary N) is 1. The van der Waals surface area contributed by atoms with Crippen LogP contribution in [0.1, 0.15) is 37.6 Å². The summed E-state index contributed by atoms with van der Waals surface area (Å²) in [5.74, 6) is 1.32. The average molecular weight is 264 g/mol. The quantitative estimate of drug-likeness (QED) is 0.793. The Kier molecular flexibility index (Phi) is 6.36. The van der Waals surface area contributed by atoms with Crippen LogP contribution in [0.3, 0.4) is 0 Å². The average Bonchev–Trinajstić information content (AvgIpc) is 2.38. The summed E-state index contributed by atoms with van der Waals surface area (Å²) >= 11 is 0. The molecule has 0 saturated heterocycles. The fraction of sp³-hybridized carbons (Fsp3) is 0.533. The Bertz CT molecular complexity index is 388. The van der Waals surface area contributed by atoms with Gasteiger partial charge in [0, 0.05) is 18.2 Å². The van der Waals surface area contributed by atoms with Gasteiger partial charge in [-0.05, 0) is 43.5 Å². The van der Waals surface area contributed by atoms with Crippen molar-refractivity contribution >= 4 is 5.91 Å². The number of hydrogen-bond donors (Lipinski definition) is 2. The van der Waals surface area contributed by atoms with Crippen LogP contribution in [0.4, 0.5) is 0 Å². The molecule has 0 heterocycles. The van der Waals surface area contributed by atoms with Crippen molar-refractivity contribution in [3.05, 3.63) is 29.8 Å². The third kappa shape index (κ3) is 5.75. The lowest BCUT2D eigenvalue weighted by Gasteiger charge is -2.12. The highest BCUT2D eigenvalue weighted by Crippen LogP contribution is 2.13. The van der Waals surface area contributed by atoms with Gasteiger partial charge < -0.3 is 15.8 Å². The van der Waals surface area contributed by atoms with Gasteiger partial charge in [0.05, 0.1) is 6.61 Å².